The summed E-state index contributed by atoms with van der Waals surface area (Å²) in [4.78, 5) is 22.2. The summed E-state index contributed by atoms with van der Waals surface area (Å²) in [6, 6.07) is 4.78. The Labute approximate surface area is 173 Å². The van der Waals surface area contributed by atoms with E-state index in [1.54, 1.807) is 18.2 Å². The van der Waals surface area contributed by atoms with Gasteiger partial charge in [-0.1, -0.05) is 17.7 Å². The van der Waals surface area contributed by atoms with Gasteiger partial charge in [0.05, 0.1) is 17.8 Å². The number of aromatic nitrogens is 4. The van der Waals surface area contributed by atoms with Crippen molar-refractivity contribution in [3.8, 4) is 17.0 Å². The van der Waals surface area contributed by atoms with E-state index in [4.69, 9.17) is 22.1 Å². The molecule has 12 heteroatoms. The Bertz CT molecular complexity index is 1120. The molecular weight excluding hydrogens is 425 g/mol. The Morgan fingerprint density at radius 2 is 2.07 bits per heavy atom. The normalized spacial score (nSPS) is 14.3. The molecule has 0 fully saturated rings. The van der Waals surface area contributed by atoms with Crippen molar-refractivity contribution in [1.29, 1.82) is 0 Å². The van der Waals surface area contributed by atoms with Crippen LogP contribution < -0.4 is 15.4 Å². The van der Waals surface area contributed by atoms with Crippen molar-refractivity contribution < 1.29 is 22.7 Å². The highest BCUT2D eigenvalue weighted by Gasteiger charge is 2.30. The number of nitrogen functional groups attached to an aromatic ring is 1. The molecule has 1 aliphatic rings. The zero-order valence-corrected chi connectivity index (χ0v) is 16.0. The zero-order chi connectivity index (χ0) is 21.5. The number of hydrogen-bond donors (Lipinski definition) is 1. The highest BCUT2D eigenvalue weighted by molar-refractivity contribution is 6.33. The number of amides is 1. The van der Waals surface area contributed by atoms with E-state index in [2.05, 4.69) is 15.1 Å². The molecular formula is C18H14ClF3N6O2. The lowest BCUT2D eigenvalue weighted by Crippen LogP contribution is -2.32. The molecule has 0 aliphatic carbocycles. The summed E-state index contributed by atoms with van der Waals surface area (Å²) in [5, 5.41) is 3.96. The Balaban J connectivity index is 1.64. The Kier molecular flexibility index (Phi) is 4.98. The highest BCUT2D eigenvalue weighted by atomic mass is 35.5. The summed E-state index contributed by atoms with van der Waals surface area (Å²) in [6.45, 7) is -0.805. The van der Waals surface area contributed by atoms with Crippen LogP contribution in [0.4, 0.5) is 24.7 Å². The third-order valence-electron chi connectivity index (χ3n) is 4.40. The molecule has 0 saturated heterocycles. The van der Waals surface area contributed by atoms with Crippen LogP contribution in [0.15, 0.2) is 36.9 Å². The van der Waals surface area contributed by atoms with Crippen LogP contribution in [0.1, 0.15) is 10.4 Å². The molecule has 3 aromatic rings. The van der Waals surface area contributed by atoms with Gasteiger partial charge in [0.1, 0.15) is 30.9 Å². The van der Waals surface area contributed by atoms with Gasteiger partial charge < -0.3 is 15.4 Å². The molecule has 1 aromatic carbocycles. The molecule has 1 aliphatic heterocycles. The number of anilines is 2. The number of nitrogens with two attached hydrogens (primary N) is 1. The maximum atomic E-state index is 13.0. The minimum absolute atomic E-state index is 0.00306. The number of carbonyl (C=O) groups is 1. The van der Waals surface area contributed by atoms with E-state index >= 15 is 0 Å². The van der Waals surface area contributed by atoms with Gasteiger partial charge in [-0.05, 0) is 12.1 Å². The van der Waals surface area contributed by atoms with Crippen molar-refractivity contribution in [2.75, 3.05) is 23.8 Å². The fourth-order valence-corrected chi connectivity index (χ4v) is 3.37. The first kappa shape index (κ1) is 20.0. The monoisotopic (exact) mass is 438 g/mol. The number of hydrogen-bond acceptors (Lipinski definition) is 6. The van der Waals surface area contributed by atoms with Gasteiger partial charge in [-0.2, -0.15) is 18.3 Å². The number of rotatable bonds is 3. The van der Waals surface area contributed by atoms with Crippen LogP contribution in [0, 0.1) is 0 Å². The van der Waals surface area contributed by atoms with Crippen LogP contribution in [0.3, 0.4) is 0 Å². The van der Waals surface area contributed by atoms with E-state index in [1.807, 2.05) is 0 Å². The van der Waals surface area contributed by atoms with Crippen LogP contribution in [0.2, 0.25) is 5.02 Å². The third-order valence-corrected chi connectivity index (χ3v) is 4.72. The molecule has 0 radical (unpaired) electrons. The number of ether oxygens (including phenoxy) is 1. The fourth-order valence-electron chi connectivity index (χ4n) is 3.09. The standard InChI is InChI=1S/C18H14ClF3N6O2/c19-13-5-11(1-2-12(13)10-6-26-27(7-10)8-18(20,21)22)28-3-4-30-16-14(17(28)29)15(23)24-9-25-16/h1-2,5-7,9H,3-4,8H2,(H2,23,24,25). The predicted octanol–water partition coefficient (Wildman–Crippen LogP) is 3.18. The van der Waals surface area contributed by atoms with Gasteiger partial charge in [0.15, 0.2) is 0 Å². The molecule has 8 nitrogen and oxygen atoms in total. The number of halogens is 4. The number of fused-ring (bicyclic) bond motifs is 1. The van der Waals surface area contributed by atoms with Crippen LogP contribution in [0.25, 0.3) is 11.1 Å². The lowest BCUT2D eigenvalue weighted by atomic mass is 10.1. The van der Waals surface area contributed by atoms with Crippen molar-refractivity contribution in [2.45, 2.75) is 12.7 Å². The summed E-state index contributed by atoms with van der Waals surface area (Å²) in [7, 11) is 0. The average molecular weight is 439 g/mol. The van der Waals surface area contributed by atoms with E-state index in [9.17, 15) is 18.0 Å². The summed E-state index contributed by atoms with van der Waals surface area (Å²) in [5.41, 5.74) is 7.25. The maximum absolute atomic E-state index is 13.0. The average Bonchev–Trinajstić information content (AvgIpc) is 3.03. The van der Waals surface area contributed by atoms with Gasteiger partial charge in [-0.15, -0.1) is 0 Å². The Morgan fingerprint density at radius 1 is 1.27 bits per heavy atom. The minimum atomic E-state index is -4.38. The first-order valence-corrected chi connectivity index (χ1v) is 9.05. The van der Waals surface area contributed by atoms with Gasteiger partial charge in [0.25, 0.3) is 5.91 Å². The second kappa shape index (κ2) is 7.48. The zero-order valence-electron chi connectivity index (χ0n) is 15.2. The van der Waals surface area contributed by atoms with Crippen molar-refractivity contribution >= 4 is 29.0 Å². The molecule has 2 N–H and O–H groups in total. The molecule has 156 valence electrons. The van der Waals surface area contributed by atoms with Crippen LogP contribution >= 0.6 is 11.6 Å². The first-order valence-electron chi connectivity index (χ1n) is 8.67. The second-order valence-electron chi connectivity index (χ2n) is 6.45. The Hall–Kier alpha value is -3.34. The van der Waals surface area contributed by atoms with Crippen molar-refractivity contribution in [3.05, 3.63) is 47.5 Å². The highest BCUT2D eigenvalue weighted by Crippen LogP contribution is 2.34. The molecule has 0 spiro atoms. The van der Waals surface area contributed by atoms with Crippen molar-refractivity contribution in [3.63, 3.8) is 0 Å². The molecule has 4 rings (SSSR count). The van der Waals surface area contributed by atoms with Gasteiger partial charge in [-0.25, -0.2) is 9.97 Å². The van der Waals surface area contributed by atoms with Gasteiger partial charge in [0, 0.05) is 23.0 Å². The second-order valence-corrected chi connectivity index (χ2v) is 6.86. The first-order chi connectivity index (χ1) is 14.2. The van der Waals surface area contributed by atoms with Gasteiger partial charge in [-0.3, -0.25) is 9.48 Å². The fraction of sp³-hybridized carbons (Fsp3) is 0.222. The van der Waals surface area contributed by atoms with Crippen LogP contribution in [0.5, 0.6) is 5.88 Å². The van der Waals surface area contributed by atoms with Crippen LogP contribution in [-0.2, 0) is 6.54 Å². The quantitative estimate of drug-likeness (QED) is 0.674. The molecule has 1 amide bonds. The maximum Gasteiger partial charge on any atom is 0.408 e. The lowest BCUT2D eigenvalue weighted by Gasteiger charge is -2.21. The minimum Gasteiger partial charge on any atom is -0.475 e. The SMILES string of the molecule is Nc1ncnc2c1C(=O)N(c1ccc(-c3cnn(CC(F)(F)F)c3)c(Cl)c1)CCO2. The number of benzene rings is 1. The molecule has 0 unspecified atom stereocenters. The van der Waals surface area contributed by atoms with E-state index in [0.717, 1.165) is 4.68 Å². The molecule has 0 saturated carbocycles. The molecule has 30 heavy (non-hydrogen) atoms. The van der Waals surface area contributed by atoms with Gasteiger partial charge in [0.2, 0.25) is 5.88 Å². The summed E-state index contributed by atoms with van der Waals surface area (Å²) in [5.74, 6) is -0.339. The molecule has 2 aromatic heterocycles. The van der Waals surface area contributed by atoms with Crippen molar-refractivity contribution in [2.24, 2.45) is 0 Å². The largest absolute Gasteiger partial charge is 0.475 e. The third kappa shape index (κ3) is 3.88. The van der Waals surface area contributed by atoms with Gasteiger partial charge >= 0.3 is 6.18 Å². The summed E-state index contributed by atoms with van der Waals surface area (Å²) in [6.07, 6.45) is -0.616. The molecule has 0 bridgehead atoms. The topological polar surface area (TPSA) is 99.2 Å². The smallest absolute Gasteiger partial charge is 0.408 e. The van der Waals surface area contributed by atoms with Crippen LogP contribution in [-0.4, -0.2) is 45.0 Å². The van der Waals surface area contributed by atoms with Crippen molar-refractivity contribution in [1.82, 2.24) is 19.7 Å². The number of nitrogens with zero attached hydrogens (tertiary/aromatic N) is 5. The van der Waals surface area contributed by atoms with E-state index in [-0.39, 0.29) is 35.4 Å². The predicted molar refractivity (Wildman–Crippen MR) is 102 cm³/mol. The lowest BCUT2D eigenvalue weighted by molar-refractivity contribution is -0.142. The number of carbonyl (C=O) groups excluding carboxylic acids is 1. The number of alkyl halides is 3. The van der Waals surface area contributed by atoms with E-state index in [0.29, 0.717) is 16.8 Å². The summed E-state index contributed by atoms with van der Waals surface area (Å²) < 4.78 is 43.9. The Morgan fingerprint density at radius 3 is 2.80 bits per heavy atom. The van der Waals surface area contributed by atoms with E-state index < -0.39 is 18.6 Å². The molecule has 0 atom stereocenters. The van der Waals surface area contributed by atoms with E-state index in [1.165, 1.54) is 23.6 Å². The summed E-state index contributed by atoms with van der Waals surface area (Å²) >= 11 is 6.37. The molecule has 3 heterocycles.